The van der Waals surface area contributed by atoms with Crippen LogP contribution < -0.4 is 10.2 Å². The van der Waals surface area contributed by atoms with Crippen molar-refractivity contribution in [1.29, 1.82) is 0 Å². The van der Waals surface area contributed by atoms with E-state index in [1.54, 1.807) is 0 Å². The second-order valence-corrected chi connectivity index (χ2v) is 27.0. The van der Waals surface area contributed by atoms with Gasteiger partial charge in [-0.3, -0.25) is 9.36 Å². The Morgan fingerprint density at radius 2 is 0.744 bits per heavy atom. The van der Waals surface area contributed by atoms with E-state index >= 15 is 0 Å². The van der Waals surface area contributed by atoms with Gasteiger partial charge < -0.3 is 28.8 Å². The molecular weight excluding hydrogens is 1030 g/mol. The van der Waals surface area contributed by atoms with Crippen molar-refractivity contribution in [3.8, 4) is 0 Å². The number of aliphatic hydroxyl groups is 1. The van der Waals surface area contributed by atoms with Crippen molar-refractivity contribution in [2.24, 2.45) is 0 Å². The SMILES string of the molecule is CC/C=C\C/C=C\C/C=C\C/C=C\C/C=C\CCCCCCCCCCCCCCCCCCCC(=O)NC(COP(=O)([O-])OCC[N+](C)(C)C)C(O)CCCCCCCCCCCCCCCCCCCCCCCCCCCCC. The van der Waals surface area contributed by atoms with E-state index in [-0.39, 0.29) is 19.1 Å². The Balaban J connectivity index is 4.01. The first-order valence-electron chi connectivity index (χ1n) is 35.6. The van der Waals surface area contributed by atoms with Crippen LogP contribution in [0.15, 0.2) is 60.8 Å². The molecule has 3 atom stereocenters. The molecule has 0 aliphatic rings. The van der Waals surface area contributed by atoms with Gasteiger partial charge in [0.05, 0.1) is 39.9 Å². The van der Waals surface area contributed by atoms with Crippen LogP contribution in [0, 0.1) is 0 Å². The van der Waals surface area contributed by atoms with Crippen molar-refractivity contribution in [3.05, 3.63) is 60.8 Å². The highest BCUT2D eigenvalue weighted by Crippen LogP contribution is 2.38. The lowest BCUT2D eigenvalue weighted by atomic mass is 10.0. The summed E-state index contributed by atoms with van der Waals surface area (Å²) in [7, 11) is 1.32. The molecule has 0 spiro atoms. The minimum Gasteiger partial charge on any atom is -0.756 e. The second-order valence-electron chi connectivity index (χ2n) is 25.6. The fraction of sp³-hybridized carbons (Fsp3) is 0.849. The summed E-state index contributed by atoms with van der Waals surface area (Å²) >= 11 is 0. The summed E-state index contributed by atoms with van der Waals surface area (Å²) in [6.07, 6.45) is 87.3. The Kier molecular flexibility index (Phi) is 62.3. The Hall–Kier alpha value is -1.80. The molecule has 82 heavy (non-hydrogen) atoms. The molecule has 2 N–H and O–H groups in total. The standard InChI is InChI=1S/C73H139N2O6P/c1-6-8-10-12-14-16-18-20-22-24-26-28-30-32-34-35-36-37-38-39-41-43-45-47-49-51-53-55-57-59-61-63-65-67-73(77)74-71(70-81-82(78,79)80-69-68-75(3,4)5)72(76)66-64-62-60-58-56-54-52-50-48-46-44-42-40-33-31-29-27-25-23-21-19-17-15-13-11-9-7-2/h8,10,14,16,20,22,26,28,32,34,71-72,76H,6-7,9,11-13,15,17-19,21,23-25,27,29-31,33,35-70H2,1-5H3,(H-,74,77,78,79)/b10-8-,16-14-,22-20-,28-26-,34-32-. The monoisotopic (exact) mass is 1170 g/mol. The molecule has 0 saturated heterocycles. The quantitative estimate of drug-likeness (QED) is 0.0272. The number of carbonyl (C=O) groups excluding carboxylic acids is 1. The van der Waals surface area contributed by atoms with Crippen LogP contribution in [0.3, 0.4) is 0 Å². The summed E-state index contributed by atoms with van der Waals surface area (Å²) in [5.41, 5.74) is 0. The predicted molar refractivity (Wildman–Crippen MR) is 357 cm³/mol. The fourth-order valence-corrected chi connectivity index (χ4v) is 11.5. The van der Waals surface area contributed by atoms with Crippen LogP contribution in [-0.4, -0.2) is 68.5 Å². The lowest BCUT2D eigenvalue weighted by Gasteiger charge is -2.30. The highest BCUT2D eigenvalue weighted by Gasteiger charge is 2.24. The zero-order valence-corrected chi connectivity index (χ0v) is 56.1. The van der Waals surface area contributed by atoms with Crippen LogP contribution in [0.2, 0.25) is 0 Å². The summed E-state index contributed by atoms with van der Waals surface area (Å²) in [4.78, 5) is 25.7. The van der Waals surface area contributed by atoms with Gasteiger partial charge in [-0.05, 0) is 57.8 Å². The molecule has 0 aromatic rings. The van der Waals surface area contributed by atoms with Crippen molar-refractivity contribution >= 4 is 13.7 Å². The molecule has 482 valence electrons. The molecule has 0 aromatic carbocycles. The molecule has 3 unspecified atom stereocenters. The number of amides is 1. The number of nitrogens with zero attached hydrogens (tertiary/aromatic N) is 1. The van der Waals surface area contributed by atoms with Gasteiger partial charge in [0, 0.05) is 6.42 Å². The number of phosphoric ester groups is 1. The van der Waals surface area contributed by atoms with E-state index < -0.39 is 20.0 Å². The number of unbranched alkanes of at least 4 members (excludes halogenated alkanes) is 43. The maximum Gasteiger partial charge on any atom is 0.268 e. The van der Waals surface area contributed by atoms with Gasteiger partial charge in [-0.25, -0.2) is 0 Å². The molecule has 0 radical (unpaired) electrons. The molecule has 0 fully saturated rings. The lowest BCUT2D eigenvalue weighted by molar-refractivity contribution is -0.870. The topological polar surface area (TPSA) is 108 Å². The molecule has 1 amide bonds. The smallest absolute Gasteiger partial charge is 0.268 e. The van der Waals surface area contributed by atoms with Gasteiger partial charge in [0.2, 0.25) is 5.91 Å². The maximum absolute atomic E-state index is 13.1. The number of allylic oxidation sites excluding steroid dienone is 10. The zero-order chi connectivity index (χ0) is 59.8. The first-order valence-corrected chi connectivity index (χ1v) is 37.1. The highest BCUT2D eigenvalue weighted by atomic mass is 31.2. The predicted octanol–water partition coefficient (Wildman–Crippen LogP) is 22.1. The Labute approximate surface area is 511 Å². The Bertz CT molecular complexity index is 1520. The van der Waals surface area contributed by atoms with Gasteiger partial charge >= 0.3 is 0 Å². The maximum atomic E-state index is 13.1. The lowest BCUT2D eigenvalue weighted by Crippen LogP contribution is -2.46. The van der Waals surface area contributed by atoms with Gasteiger partial charge in [0.15, 0.2) is 0 Å². The highest BCUT2D eigenvalue weighted by molar-refractivity contribution is 7.45. The van der Waals surface area contributed by atoms with Crippen LogP contribution in [0.5, 0.6) is 0 Å². The molecule has 0 bridgehead atoms. The van der Waals surface area contributed by atoms with E-state index in [0.717, 1.165) is 70.6 Å². The van der Waals surface area contributed by atoms with Gasteiger partial charge in [0.25, 0.3) is 7.82 Å². The van der Waals surface area contributed by atoms with Crippen LogP contribution in [0.25, 0.3) is 0 Å². The third kappa shape index (κ3) is 65.7. The van der Waals surface area contributed by atoms with Crippen molar-refractivity contribution in [2.75, 3.05) is 40.9 Å². The average molecular weight is 1170 g/mol. The van der Waals surface area contributed by atoms with Crippen LogP contribution >= 0.6 is 7.82 Å². The molecule has 8 nitrogen and oxygen atoms in total. The summed E-state index contributed by atoms with van der Waals surface area (Å²) in [6, 6.07) is -0.803. The molecule has 0 aliphatic heterocycles. The number of phosphoric acid groups is 1. The van der Waals surface area contributed by atoms with Crippen LogP contribution in [-0.2, 0) is 18.4 Å². The fourth-order valence-electron chi connectivity index (χ4n) is 10.8. The number of quaternary nitrogens is 1. The van der Waals surface area contributed by atoms with Gasteiger partial charge in [0.1, 0.15) is 13.2 Å². The van der Waals surface area contributed by atoms with Crippen molar-refractivity contribution < 1.29 is 32.9 Å². The first-order chi connectivity index (χ1) is 40.0. The summed E-state index contributed by atoms with van der Waals surface area (Å²) in [6.45, 7) is 4.66. The van der Waals surface area contributed by atoms with E-state index in [9.17, 15) is 19.4 Å². The minimum atomic E-state index is -4.58. The minimum absolute atomic E-state index is 0.0127. The van der Waals surface area contributed by atoms with E-state index in [0.29, 0.717) is 23.9 Å². The molecule has 0 aliphatic carbocycles. The van der Waals surface area contributed by atoms with Crippen molar-refractivity contribution in [3.63, 3.8) is 0 Å². The van der Waals surface area contributed by atoms with Gasteiger partial charge in [-0.1, -0.05) is 344 Å². The number of hydrogen-bond donors (Lipinski definition) is 2. The average Bonchev–Trinajstić information content (AvgIpc) is 3.47. The summed E-state index contributed by atoms with van der Waals surface area (Å²) < 4.78 is 23.6. The number of rotatable bonds is 66. The van der Waals surface area contributed by atoms with Crippen LogP contribution in [0.4, 0.5) is 0 Å². The Morgan fingerprint density at radius 1 is 0.439 bits per heavy atom. The molecular formula is C73H139N2O6P. The third-order valence-electron chi connectivity index (χ3n) is 16.3. The van der Waals surface area contributed by atoms with Gasteiger partial charge in [-0.15, -0.1) is 0 Å². The van der Waals surface area contributed by atoms with Crippen LogP contribution in [0.1, 0.15) is 348 Å². The molecule has 0 saturated carbocycles. The summed E-state index contributed by atoms with van der Waals surface area (Å²) in [5, 5.41) is 14.1. The molecule has 0 rings (SSSR count). The van der Waals surface area contributed by atoms with E-state index in [1.165, 1.54) is 250 Å². The van der Waals surface area contributed by atoms with Crippen molar-refractivity contribution in [2.45, 2.75) is 360 Å². The van der Waals surface area contributed by atoms with E-state index in [4.69, 9.17) is 9.05 Å². The normalized spacial score (nSPS) is 14.0. The van der Waals surface area contributed by atoms with E-state index in [2.05, 4.69) is 79.9 Å². The Morgan fingerprint density at radius 3 is 1.09 bits per heavy atom. The molecule has 0 aromatic heterocycles. The number of nitrogens with one attached hydrogen (secondary N) is 1. The molecule has 0 heterocycles. The molecule has 9 heteroatoms. The number of aliphatic hydroxyl groups excluding tert-OH is 1. The largest absolute Gasteiger partial charge is 0.756 e. The number of carbonyl (C=O) groups is 1. The number of likely N-dealkylation sites (N-methyl/N-ethyl adjacent to an activating group) is 1. The zero-order valence-electron chi connectivity index (χ0n) is 55.2. The number of hydrogen-bond acceptors (Lipinski definition) is 6. The third-order valence-corrected chi connectivity index (χ3v) is 17.2. The first kappa shape index (κ1) is 80.2. The van der Waals surface area contributed by atoms with Gasteiger partial charge in [-0.2, -0.15) is 0 Å². The van der Waals surface area contributed by atoms with E-state index in [1.807, 2.05) is 21.1 Å². The second kappa shape index (κ2) is 63.7. The summed E-state index contributed by atoms with van der Waals surface area (Å²) in [5.74, 6) is -0.160. The van der Waals surface area contributed by atoms with Crippen molar-refractivity contribution in [1.82, 2.24) is 5.32 Å².